The first-order valence-corrected chi connectivity index (χ1v) is 8.03. The number of carbonyl (C=O) groups is 2. The van der Waals surface area contributed by atoms with Crippen molar-refractivity contribution in [3.05, 3.63) is 29.6 Å². The van der Waals surface area contributed by atoms with Crippen molar-refractivity contribution >= 4 is 17.6 Å². The van der Waals surface area contributed by atoms with E-state index in [0.29, 0.717) is 36.2 Å². The van der Waals surface area contributed by atoms with Crippen LogP contribution in [0.4, 0.5) is 5.82 Å². The Morgan fingerprint density at radius 2 is 2.21 bits per heavy atom. The summed E-state index contributed by atoms with van der Waals surface area (Å²) < 4.78 is 5.34. The Morgan fingerprint density at radius 1 is 1.42 bits per heavy atom. The normalized spacial score (nSPS) is 19.6. The monoisotopic (exact) mass is 331 g/mol. The molecule has 0 aliphatic heterocycles. The average Bonchev–Trinajstić information content (AvgIpc) is 3.09. The van der Waals surface area contributed by atoms with Gasteiger partial charge < -0.3 is 15.1 Å². The van der Waals surface area contributed by atoms with Crippen molar-refractivity contribution in [1.29, 1.82) is 0 Å². The number of hydrogen-bond donors (Lipinski definition) is 3. The van der Waals surface area contributed by atoms with E-state index in [-0.39, 0.29) is 17.9 Å². The van der Waals surface area contributed by atoms with Crippen molar-refractivity contribution in [2.75, 3.05) is 5.32 Å². The Morgan fingerprint density at radius 3 is 2.88 bits per heavy atom. The molecule has 0 bridgehead atoms. The second-order valence-electron chi connectivity index (χ2n) is 6.17. The molecule has 0 radical (unpaired) electrons. The van der Waals surface area contributed by atoms with Gasteiger partial charge >= 0.3 is 0 Å². The van der Waals surface area contributed by atoms with Crippen LogP contribution >= 0.6 is 0 Å². The van der Waals surface area contributed by atoms with Crippen LogP contribution in [0.25, 0.3) is 0 Å². The molecule has 1 saturated carbocycles. The predicted molar refractivity (Wildman–Crippen MR) is 86.4 cm³/mol. The van der Waals surface area contributed by atoms with Crippen LogP contribution in [-0.2, 0) is 16.0 Å². The molecule has 0 atom stereocenters. The summed E-state index contributed by atoms with van der Waals surface area (Å²) in [6.45, 7) is 3.29. The Kier molecular flexibility index (Phi) is 4.64. The fourth-order valence-electron chi connectivity index (χ4n) is 2.85. The maximum absolute atomic E-state index is 12.0. The van der Waals surface area contributed by atoms with Gasteiger partial charge in [-0.2, -0.15) is 5.10 Å². The van der Waals surface area contributed by atoms with Gasteiger partial charge in [0.2, 0.25) is 11.8 Å². The average molecular weight is 331 g/mol. The second-order valence-corrected chi connectivity index (χ2v) is 6.17. The molecule has 24 heavy (non-hydrogen) atoms. The summed E-state index contributed by atoms with van der Waals surface area (Å²) in [6, 6.07) is 2.09. The fourth-order valence-corrected chi connectivity index (χ4v) is 2.85. The van der Waals surface area contributed by atoms with Gasteiger partial charge in [0.1, 0.15) is 5.76 Å². The molecule has 128 valence electrons. The number of aromatic nitrogens is 3. The van der Waals surface area contributed by atoms with Gasteiger partial charge in [0.15, 0.2) is 11.7 Å². The van der Waals surface area contributed by atoms with Crippen molar-refractivity contribution in [2.24, 2.45) is 0 Å². The third-order valence-electron chi connectivity index (χ3n) is 4.12. The molecule has 1 fully saturated rings. The first-order chi connectivity index (χ1) is 11.5. The number of anilines is 1. The molecule has 2 amide bonds. The highest BCUT2D eigenvalue weighted by Gasteiger charge is 2.32. The lowest BCUT2D eigenvalue weighted by Gasteiger charge is -2.34. The predicted octanol–water partition coefficient (Wildman–Crippen LogP) is 1.66. The molecule has 3 rings (SSSR count). The molecule has 0 unspecified atom stereocenters. The van der Waals surface area contributed by atoms with E-state index in [1.807, 2.05) is 6.07 Å². The maximum Gasteiger partial charge on any atom is 0.226 e. The minimum absolute atomic E-state index is 0.00189. The second kappa shape index (κ2) is 6.86. The highest BCUT2D eigenvalue weighted by molar-refractivity contribution is 5.89. The topological polar surface area (TPSA) is 113 Å². The summed E-state index contributed by atoms with van der Waals surface area (Å²) >= 11 is 0. The number of oxazole rings is 1. The molecule has 2 heterocycles. The van der Waals surface area contributed by atoms with E-state index in [1.165, 1.54) is 6.92 Å². The van der Waals surface area contributed by atoms with E-state index in [2.05, 4.69) is 25.8 Å². The summed E-state index contributed by atoms with van der Waals surface area (Å²) in [7, 11) is 0. The van der Waals surface area contributed by atoms with Gasteiger partial charge in [0.05, 0.1) is 6.20 Å². The van der Waals surface area contributed by atoms with Gasteiger partial charge in [-0.15, -0.1) is 0 Å². The summed E-state index contributed by atoms with van der Waals surface area (Å²) in [5.41, 5.74) is 0.984. The van der Waals surface area contributed by atoms with E-state index in [0.717, 1.165) is 18.5 Å². The van der Waals surface area contributed by atoms with Gasteiger partial charge in [0, 0.05) is 50.4 Å². The van der Waals surface area contributed by atoms with Crippen LogP contribution in [0.5, 0.6) is 0 Å². The molecule has 8 heteroatoms. The molecule has 8 nitrogen and oxygen atoms in total. The number of nitrogens with zero attached hydrogens (tertiary/aromatic N) is 2. The van der Waals surface area contributed by atoms with E-state index in [1.54, 1.807) is 13.1 Å². The lowest BCUT2D eigenvalue weighted by molar-refractivity contribution is -0.120. The minimum Gasteiger partial charge on any atom is -0.446 e. The third kappa shape index (κ3) is 4.01. The molecule has 2 aromatic heterocycles. The molecule has 2 aromatic rings. The lowest BCUT2D eigenvalue weighted by Crippen LogP contribution is -2.42. The van der Waals surface area contributed by atoms with Gasteiger partial charge in [0.25, 0.3) is 0 Å². The number of amides is 2. The van der Waals surface area contributed by atoms with Gasteiger partial charge in [-0.05, 0) is 12.8 Å². The van der Waals surface area contributed by atoms with E-state index >= 15 is 0 Å². The molecule has 3 N–H and O–H groups in total. The van der Waals surface area contributed by atoms with E-state index in [9.17, 15) is 9.59 Å². The lowest BCUT2D eigenvalue weighted by atomic mass is 9.78. The van der Waals surface area contributed by atoms with Crippen molar-refractivity contribution in [3.63, 3.8) is 0 Å². The smallest absolute Gasteiger partial charge is 0.226 e. The fraction of sp³-hybridized carbons (Fsp3) is 0.500. The Labute approximate surface area is 139 Å². The number of H-pyrrole nitrogens is 1. The van der Waals surface area contributed by atoms with Crippen LogP contribution in [0.1, 0.15) is 49.4 Å². The van der Waals surface area contributed by atoms with Crippen LogP contribution in [0.2, 0.25) is 0 Å². The summed E-state index contributed by atoms with van der Waals surface area (Å²) in [5, 5.41) is 12.7. The minimum atomic E-state index is -0.119. The quantitative estimate of drug-likeness (QED) is 0.745. The number of aryl methyl sites for hydroxylation is 2. The maximum atomic E-state index is 12.0. The van der Waals surface area contributed by atoms with Crippen LogP contribution in [0, 0.1) is 6.92 Å². The van der Waals surface area contributed by atoms with Crippen LogP contribution in [0.15, 0.2) is 16.7 Å². The summed E-state index contributed by atoms with van der Waals surface area (Å²) in [4.78, 5) is 26.9. The van der Waals surface area contributed by atoms with Gasteiger partial charge in [-0.3, -0.25) is 14.7 Å². The zero-order valence-corrected chi connectivity index (χ0v) is 13.8. The van der Waals surface area contributed by atoms with Crippen molar-refractivity contribution in [2.45, 2.75) is 51.5 Å². The Bertz CT molecular complexity index is 730. The Hall–Kier alpha value is -2.64. The SMILES string of the molecule is CC(=O)NC1CC(c2cc(NC(=O)CCc3cnc(C)o3)n[nH]2)C1. The van der Waals surface area contributed by atoms with E-state index in [4.69, 9.17) is 4.42 Å². The largest absolute Gasteiger partial charge is 0.446 e. The number of nitrogens with one attached hydrogen (secondary N) is 3. The van der Waals surface area contributed by atoms with Crippen LogP contribution < -0.4 is 10.6 Å². The molecule has 1 aliphatic rings. The molecule has 1 aliphatic carbocycles. The number of hydrogen-bond acceptors (Lipinski definition) is 5. The number of carbonyl (C=O) groups excluding carboxylic acids is 2. The van der Waals surface area contributed by atoms with Crippen molar-refractivity contribution in [3.8, 4) is 0 Å². The zero-order chi connectivity index (χ0) is 17.1. The van der Waals surface area contributed by atoms with Gasteiger partial charge in [-0.1, -0.05) is 0 Å². The number of aromatic amines is 1. The Balaban J connectivity index is 1.44. The molecule has 0 saturated heterocycles. The van der Waals surface area contributed by atoms with Crippen molar-refractivity contribution in [1.82, 2.24) is 20.5 Å². The van der Waals surface area contributed by atoms with E-state index < -0.39 is 0 Å². The van der Waals surface area contributed by atoms with Gasteiger partial charge in [-0.25, -0.2) is 4.98 Å². The van der Waals surface area contributed by atoms with Crippen molar-refractivity contribution < 1.29 is 14.0 Å². The first-order valence-electron chi connectivity index (χ1n) is 8.03. The highest BCUT2D eigenvalue weighted by Crippen LogP contribution is 2.36. The summed E-state index contributed by atoms with van der Waals surface area (Å²) in [6.07, 6.45) is 4.23. The first kappa shape index (κ1) is 16.2. The number of rotatable bonds is 6. The highest BCUT2D eigenvalue weighted by atomic mass is 16.4. The standard InChI is InChI=1S/C16H21N5O3/c1-9(22)18-12-5-11(6-12)14-7-15(21-20-14)19-16(23)4-3-13-8-17-10(2)24-13/h7-8,11-12H,3-6H2,1-2H3,(H,18,22)(H2,19,20,21,23). The van der Waals surface area contributed by atoms with Crippen LogP contribution in [-0.4, -0.2) is 33.0 Å². The molecule has 0 spiro atoms. The zero-order valence-electron chi connectivity index (χ0n) is 13.8. The summed E-state index contributed by atoms with van der Waals surface area (Å²) in [5.74, 6) is 2.04. The molecule has 0 aromatic carbocycles. The molecular formula is C16H21N5O3. The third-order valence-corrected chi connectivity index (χ3v) is 4.12. The van der Waals surface area contributed by atoms with Crippen LogP contribution in [0.3, 0.4) is 0 Å². The molecular weight excluding hydrogens is 310 g/mol.